The van der Waals surface area contributed by atoms with Crippen molar-refractivity contribution in [3.63, 3.8) is 0 Å². The number of aliphatic hydroxyl groups excluding tert-OH is 3. The van der Waals surface area contributed by atoms with Gasteiger partial charge in [0.25, 0.3) is 0 Å². The van der Waals surface area contributed by atoms with Crippen molar-refractivity contribution in [2.45, 2.75) is 109 Å². The molecule has 0 aromatic carbocycles. The number of ether oxygens (including phenoxy) is 1. The van der Waals surface area contributed by atoms with E-state index in [9.17, 15) is 15.3 Å². The van der Waals surface area contributed by atoms with Crippen molar-refractivity contribution in [1.82, 2.24) is 0 Å². The van der Waals surface area contributed by atoms with Crippen molar-refractivity contribution >= 4 is 16.6 Å². The number of hydrogen-bond donors (Lipinski definition) is 3. The Morgan fingerprint density at radius 2 is 1.27 bits per heavy atom. The van der Waals surface area contributed by atoms with Gasteiger partial charge in [-0.25, -0.2) is 0 Å². The van der Waals surface area contributed by atoms with Crippen LogP contribution in [0.4, 0.5) is 0 Å². The number of aliphatic hydroxyl groups is 3. The largest absolute Gasteiger partial charge is 0.414 e. The number of rotatable bonds is 5. The van der Waals surface area contributed by atoms with Crippen LogP contribution in [-0.2, 0) is 13.6 Å². The summed E-state index contributed by atoms with van der Waals surface area (Å²) >= 11 is 0. The van der Waals surface area contributed by atoms with Gasteiger partial charge in [-0.15, -0.1) is 0 Å². The van der Waals surface area contributed by atoms with Gasteiger partial charge < -0.3 is 28.9 Å². The van der Waals surface area contributed by atoms with E-state index in [1.54, 1.807) is 0 Å². The molecule has 0 bridgehead atoms. The van der Waals surface area contributed by atoms with Crippen molar-refractivity contribution < 1.29 is 28.9 Å². The van der Waals surface area contributed by atoms with Crippen LogP contribution in [0, 0.1) is 0 Å². The Labute approximate surface area is 161 Å². The Kier molecular flexibility index (Phi) is 7.37. The fourth-order valence-corrected chi connectivity index (χ4v) is 4.51. The molecule has 0 aromatic heterocycles. The van der Waals surface area contributed by atoms with E-state index in [1.165, 1.54) is 0 Å². The Morgan fingerprint density at radius 3 is 1.69 bits per heavy atom. The maximum absolute atomic E-state index is 10.6. The smallest absolute Gasteiger partial charge is 0.192 e. The molecule has 156 valence electrons. The van der Waals surface area contributed by atoms with Gasteiger partial charge in [0.1, 0.15) is 24.4 Å². The van der Waals surface area contributed by atoms with Gasteiger partial charge in [-0.2, -0.15) is 0 Å². The molecule has 1 aliphatic heterocycles. The zero-order chi connectivity index (χ0) is 20.7. The van der Waals surface area contributed by atoms with Crippen LogP contribution in [0.5, 0.6) is 0 Å². The predicted octanol–water partition coefficient (Wildman–Crippen LogP) is 2.84. The highest BCUT2D eigenvalue weighted by Crippen LogP contribution is 2.40. The Bertz CT molecular complexity index is 467. The summed E-state index contributed by atoms with van der Waals surface area (Å²) in [6.45, 7) is 21.0. The molecule has 5 atom stereocenters. The quantitative estimate of drug-likeness (QED) is 0.606. The average Bonchev–Trinajstić information content (AvgIpc) is 2.43. The monoisotopic (exact) mass is 408 g/mol. The summed E-state index contributed by atoms with van der Waals surface area (Å²) in [5, 5.41) is 31.4. The van der Waals surface area contributed by atoms with E-state index >= 15 is 0 Å². The first-order chi connectivity index (χ1) is 11.4. The SMILES string of the molecule is CC(C)(C)[Si](C)(C)OC[C@H]1O[C@H](O)[C@H](O[Si](C)(C)C(C)(C)C)[C@@H](O)[C@H]1O. The lowest BCUT2D eigenvalue weighted by Gasteiger charge is -2.47. The van der Waals surface area contributed by atoms with Crippen LogP contribution in [0.3, 0.4) is 0 Å². The Hall–Kier alpha value is 0.194. The molecule has 1 rings (SSSR count). The van der Waals surface area contributed by atoms with E-state index in [0.717, 1.165) is 0 Å². The molecular formula is C18H40O6Si2. The second-order valence-corrected chi connectivity index (χ2v) is 20.0. The van der Waals surface area contributed by atoms with Crippen LogP contribution >= 0.6 is 0 Å². The third-order valence-electron chi connectivity index (χ3n) is 6.31. The highest BCUT2D eigenvalue weighted by atomic mass is 28.4. The lowest BCUT2D eigenvalue weighted by Crippen LogP contribution is -2.63. The molecule has 1 saturated heterocycles. The molecule has 0 amide bonds. The second-order valence-electron chi connectivity index (χ2n) is 10.5. The van der Waals surface area contributed by atoms with Crippen LogP contribution in [0.15, 0.2) is 0 Å². The molecule has 0 saturated carbocycles. The van der Waals surface area contributed by atoms with Gasteiger partial charge in [0, 0.05) is 0 Å². The van der Waals surface area contributed by atoms with Gasteiger partial charge in [-0.05, 0) is 36.3 Å². The molecule has 1 fully saturated rings. The molecule has 0 aliphatic carbocycles. The summed E-state index contributed by atoms with van der Waals surface area (Å²) in [6.07, 6.45) is -5.43. The summed E-state index contributed by atoms with van der Waals surface area (Å²) in [5.41, 5.74) is 0. The van der Waals surface area contributed by atoms with Crippen molar-refractivity contribution in [3.05, 3.63) is 0 Å². The minimum absolute atomic E-state index is 0.0256. The molecule has 1 aliphatic rings. The Balaban J connectivity index is 2.81. The lowest BCUT2D eigenvalue weighted by molar-refractivity contribution is -0.282. The predicted molar refractivity (Wildman–Crippen MR) is 108 cm³/mol. The van der Waals surface area contributed by atoms with Crippen LogP contribution in [-0.4, -0.2) is 69.3 Å². The zero-order valence-electron chi connectivity index (χ0n) is 18.2. The van der Waals surface area contributed by atoms with Gasteiger partial charge in [-0.1, -0.05) is 41.5 Å². The fourth-order valence-electron chi connectivity index (χ4n) is 2.21. The van der Waals surface area contributed by atoms with Crippen molar-refractivity contribution in [3.8, 4) is 0 Å². The van der Waals surface area contributed by atoms with Crippen LogP contribution in [0.2, 0.25) is 36.3 Å². The van der Waals surface area contributed by atoms with E-state index in [1.807, 2.05) is 13.1 Å². The molecule has 0 aromatic rings. The molecule has 0 spiro atoms. The molecule has 0 radical (unpaired) electrons. The lowest BCUT2D eigenvalue weighted by atomic mass is 9.99. The average molecular weight is 409 g/mol. The normalized spacial score (nSPS) is 32.0. The maximum atomic E-state index is 10.6. The van der Waals surface area contributed by atoms with Crippen LogP contribution in [0.1, 0.15) is 41.5 Å². The minimum atomic E-state index is -2.24. The molecule has 0 unspecified atom stereocenters. The van der Waals surface area contributed by atoms with Gasteiger partial charge in [0.15, 0.2) is 22.9 Å². The summed E-state index contributed by atoms with van der Waals surface area (Å²) in [6, 6.07) is 0. The first-order valence-electron chi connectivity index (χ1n) is 9.42. The summed E-state index contributed by atoms with van der Waals surface area (Å²) in [4.78, 5) is 0. The van der Waals surface area contributed by atoms with E-state index in [4.69, 9.17) is 13.6 Å². The van der Waals surface area contributed by atoms with Crippen molar-refractivity contribution in [1.29, 1.82) is 0 Å². The van der Waals surface area contributed by atoms with Crippen LogP contribution in [0.25, 0.3) is 0 Å². The number of hydrogen-bond acceptors (Lipinski definition) is 6. The molecule has 8 heteroatoms. The van der Waals surface area contributed by atoms with Gasteiger partial charge in [0.05, 0.1) is 6.61 Å². The van der Waals surface area contributed by atoms with E-state index in [-0.39, 0.29) is 16.7 Å². The standard InChI is InChI=1S/C18H40O6Si2/c1-17(2,3)25(7,8)22-11-12-13(19)14(20)15(16(21)23-12)24-26(9,10)18(4,5)6/h12-16,19-21H,11H2,1-10H3/t12-,13+,14+,15-,16+/m1/s1. The highest BCUT2D eigenvalue weighted by Gasteiger charge is 2.50. The second kappa shape index (κ2) is 7.90. The van der Waals surface area contributed by atoms with Gasteiger partial charge in [0.2, 0.25) is 0 Å². The summed E-state index contributed by atoms with van der Waals surface area (Å²) < 4.78 is 17.8. The van der Waals surface area contributed by atoms with Gasteiger partial charge in [-0.3, -0.25) is 0 Å². The molecular weight excluding hydrogens is 368 g/mol. The van der Waals surface area contributed by atoms with E-state index in [0.29, 0.717) is 0 Å². The van der Waals surface area contributed by atoms with Crippen LogP contribution < -0.4 is 0 Å². The van der Waals surface area contributed by atoms with Crippen molar-refractivity contribution in [2.75, 3.05) is 6.61 Å². The maximum Gasteiger partial charge on any atom is 0.192 e. The molecule has 1 heterocycles. The summed E-state index contributed by atoms with van der Waals surface area (Å²) in [7, 11) is -4.26. The van der Waals surface area contributed by atoms with Crippen molar-refractivity contribution in [2.24, 2.45) is 0 Å². The third-order valence-corrected chi connectivity index (χ3v) is 15.3. The molecule has 26 heavy (non-hydrogen) atoms. The highest BCUT2D eigenvalue weighted by molar-refractivity contribution is 6.74. The first-order valence-corrected chi connectivity index (χ1v) is 15.2. The Morgan fingerprint density at radius 1 is 0.808 bits per heavy atom. The molecule has 3 N–H and O–H groups in total. The fraction of sp³-hybridized carbons (Fsp3) is 1.00. The topological polar surface area (TPSA) is 88.4 Å². The van der Waals surface area contributed by atoms with E-state index < -0.39 is 47.3 Å². The zero-order valence-corrected chi connectivity index (χ0v) is 20.2. The minimum Gasteiger partial charge on any atom is -0.414 e. The third kappa shape index (κ3) is 5.38. The summed E-state index contributed by atoms with van der Waals surface area (Å²) in [5.74, 6) is 0. The van der Waals surface area contributed by atoms with E-state index in [2.05, 4.69) is 54.6 Å². The first kappa shape index (κ1) is 24.2. The molecule has 6 nitrogen and oxygen atoms in total. The van der Waals surface area contributed by atoms with Gasteiger partial charge >= 0.3 is 0 Å².